The minimum Gasteiger partial charge on any atom is -0.319 e. The average molecular weight is 229 g/mol. The Labute approximate surface area is 102 Å². The molecule has 0 saturated carbocycles. The number of aryl methyl sites for hydroxylation is 2. The van der Waals surface area contributed by atoms with Crippen LogP contribution in [0.1, 0.15) is 16.8 Å². The Hall–Kier alpha value is -1.61. The van der Waals surface area contributed by atoms with Gasteiger partial charge in [0.25, 0.3) is 0 Å². The zero-order chi connectivity index (χ0) is 12.3. The summed E-state index contributed by atoms with van der Waals surface area (Å²) in [6.07, 6.45) is 2.88. The molecule has 0 fully saturated rings. The van der Waals surface area contributed by atoms with Crippen LogP contribution >= 0.6 is 0 Å². The highest BCUT2D eigenvalue weighted by Crippen LogP contribution is 2.24. The lowest BCUT2D eigenvalue weighted by molar-refractivity contribution is 0.773. The minimum absolute atomic E-state index is 0.958. The molecule has 2 rings (SSSR count). The molecule has 0 atom stereocenters. The van der Waals surface area contributed by atoms with Crippen molar-refractivity contribution in [1.29, 1.82) is 0 Å². The molecule has 1 aromatic heterocycles. The number of likely N-dealkylation sites (N-methyl/N-ethyl adjacent to an activating group) is 1. The van der Waals surface area contributed by atoms with Crippen LogP contribution in [0.2, 0.25) is 0 Å². The highest BCUT2D eigenvalue weighted by Gasteiger charge is 2.07. The molecule has 0 radical (unpaired) electrons. The summed E-state index contributed by atoms with van der Waals surface area (Å²) < 4.78 is 0. The maximum atomic E-state index is 4.15. The average Bonchev–Trinajstić information content (AvgIpc) is 2.78. The normalized spacial score (nSPS) is 10.8. The zero-order valence-electron chi connectivity index (χ0n) is 10.7. The van der Waals surface area contributed by atoms with Gasteiger partial charge in [-0.2, -0.15) is 5.10 Å². The van der Waals surface area contributed by atoms with Gasteiger partial charge in [-0.1, -0.05) is 18.2 Å². The number of rotatable bonds is 4. The SMILES string of the molecule is CNCCc1[nH]ncc1-c1ccc(C)c(C)c1. The number of aromatic amines is 1. The Balaban J connectivity index is 2.32. The number of H-pyrrole nitrogens is 1. The molecular formula is C14H19N3. The standard InChI is InChI=1S/C14H19N3/c1-10-4-5-12(8-11(10)2)13-9-16-17-14(13)6-7-15-3/h4-5,8-9,15H,6-7H2,1-3H3,(H,16,17). The molecule has 2 N–H and O–H groups in total. The van der Waals surface area contributed by atoms with E-state index in [0.717, 1.165) is 13.0 Å². The third-order valence-corrected chi connectivity index (χ3v) is 3.16. The lowest BCUT2D eigenvalue weighted by Crippen LogP contribution is -2.11. The Morgan fingerprint density at radius 1 is 1.24 bits per heavy atom. The molecule has 1 aromatic carbocycles. The molecular weight excluding hydrogens is 210 g/mol. The molecule has 0 aliphatic carbocycles. The van der Waals surface area contributed by atoms with E-state index in [0.29, 0.717) is 0 Å². The summed E-state index contributed by atoms with van der Waals surface area (Å²) in [6.45, 7) is 5.24. The van der Waals surface area contributed by atoms with E-state index >= 15 is 0 Å². The van der Waals surface area contributed by atoms with Gasteiger partial charge in [-0.25, -0.2) is 0 Å². The third kappa shape index (κ3) is 2.56. The summed E-state index contributed by atoms with van der Waals surface area (Å²) in [5.41, 5.74) is 6.30. The summed E-state index contributed by atoms with van der Waals surface area (Å²) in [5, 5.41) is 10.4. The molecule has 17 heavy (non-hydrogen) atoms. The molecule has 0 bridgehead atoms. The monoisotopic (exact) mass is 229 g/mol. The second-order valence-electron chi connectivity index (χ2n) is 4.41. The summed E-state index contributed by atoms with van der Waals surface area (Å²) in [6, 6.07) is 6.55. The van der Waals surface area contributed by atoms with Crippen LogP contribution in [0.4, 0.5) is 0 Å². The van der Waals surface area contributed by atoms with Crippen molar-refractivity contribution < 1.29 is 0 Å². The Morgan fingerprint density at radius 2 is 2.06 bits per heavy atom. The molecule has 0 amide bonds. The Bertz CT molecular complexity index is 500. The van der Waals surface area contributed by atoms with Crippen LogP contribution in [0.3, 0.4) is 0 Å². The van der Waals surface area contributed by atoms with Gasteiger partial charge in [0.05, 0.1) is 6.20 Å². The largest absolute Gasteiger partial charge is 0.319 e. The third-order valence-electron chi connectivity index (χ3n) is 3.16. The van der Waals surface area contributed by atoms with Crippen LogP contribution in [0, 0.1) is 13.8 Å². The van der Waals surface area contributed by atoms with Crippen LogP contribution in [0.5, 0.6) is 0 Å². The van der Waals surface area contributed by atoms with Crippen molar-refractivity contribution in [1.82, 2.24) is 15.5 Å². The molecule has 2 aromatic rings. The Morgan fingerprint density at radius 3 is 2.76 bits per heavy atom. The smallest absolute Gasteiger partial charge is 0.0568 e. The van der Waals surface area contributed by atoms with Crippen molar-refractivity contribution in [2.24, 2.45) is 0 Å². The maximum Gasteiger partial charge on any atom is 0.0568 e. The van der Waals surface area contributed by atoms with E-state index in [4.69, 9.17) is 0 Å². The van der Waals surface area contributed by atoms with Crippen molar-refractivity contribution in [2.75, 3.05) is 13.6 Å². The van der Waals surface area contributed by atoms with Gasteiger partial charge in [-0.05, 0) is 37.6 Å². The predicted octanol–water partition coefficient (Wildman–Crippen LogP) is 2.46. The second kappa shape index (κ2) is 5.15. The summed E-state index contributed by atoms with van der Waals surface area (Å²) in [4.78, 5) is 0. The number of benzene rings is 1. The van der Waals surface area contributed by atoms with Gasteiger partial charge in [-0.15, -0.1) is 0 Å². The van der Waals surface area contributed by atoms with Crippen LogP contribution in [0.15, 0.2) is 24.4 Å². The molecule has 0 aliphatic rings. The molecule has 90 valence electrons. The van der Waals surface area contributed by atoms with Crippen LogP contribution in [-0.4, -0.2) is 23.8 Å². The van der Waals surface area contributed by atoms with Gasteiger partial charge in [0.15, 0.2) is 0 Å². The number of hydrogen-bond donors (Lipinski definition) is 2. The highest BCUT2D eigenvalue weighted by atomic mass is 15.1. The molecule has 0 spiro atoms. The van der Waals surface area contributed by atoms with Gasteiger partial charge < -0.3 is 5.32 Å². The maximum absolute atomic E-state index is 4.15. The van der Waals surface area contributed by atoms with E-state index in [1.807, 2.05) is 13.2 Å². The van der Waals surface area contributed by atoms with Crippen LogP contribution in [0.25, 0.3) is 11.1 Å². The first-order chi connectivity index (χ1) is 8.22. The molecule has 0 aliphatic heterocycles. The Kier molecular flexibility index (Phi) is 3.59. The first-order valence-electron chi connectivity index (χ1n) is 5.97. The zero-order valence-corrected chi connectivity index (χ0v) is 10.7. The van der Waals surface area contributed by atoms with Gasteiger partial charge in [0, 0.05) is 24.2 Å². The molecule has 0 unspecified atom stereocenters. The lowest BCUT2D eigenvalue weighted by atomic mass is 10.00. The van der Waals surface area contributed by atoms with Crippen molar-refractivity contribution in [3.05, 3.63) is 41.2 Å². The molecule has 0 saturated heterocycles. The molecule has 3 heteroatoms. The van der Waals surface area contributed by atoms with E-state index in [1.165, 1.54) is 27.9 Å². The molecule has 3 nitrogen and oxygen atoms in total. The van der Waals surface area contributed by atoms with E-state index < -0.39 is 0 Å². The first kappa shape index (κ1) is 11.9. The van der Waals surface area contributed by atoms with Crippen molar-refractivity contribution in [3.63, 3.8) is 0 Å². The number of hydrogen-bond acceptors (Lipinski definition) is 2. The van der Waals surface area contributed by atoms with Gasteiger partial charge in [0.2, 0.25) is 0 Å². The number of aromatic nitrogens is 2. The van der Waals surface area contributed by atoms with E-state index in [-0.39, 0.29) is 0 Å². The highest BCUT2D eigenvalue weighted by molar-refractivity contribution is 5.66. The van der Waals surface area contributed by atoms with Crippen LogP contribution in [-0.2, 0) is 6.42 Å². The summed E-state index contributed by atoms with van der Waals surface area (Å²) in [7, 11) is 1.96. The lowest BCUT2D eigenvalue weighted by Gasteiger charge is -2.06. The predicted molar refractivity (Wildman–Crippen MR) is 71.1 cm³/mol. The topological polar surface area (TPSA) is 40.7 Å². The quantitative estimate of drug-likeness (QED) is 0.845. The van der Waals surface area contributed by atoms with E-state index in [9.17, 15) is 0 Å². The van der Waals surface area contributed by atoms with E-state index in [2.05, 4.69) is 47.6 Å². The van der Waals surface area contributed by atoms with Crippen molar-refractivity contribution in [2.45, 2.75) is 20.3 Å². The number of nitrogens with one attached hydrogen (secondary N) is 2. The fraction of sp³-hybridized carbons (Fsp3) is 0.357. The van der Waals surface area contributed by atoms with Gasteiger partial charge >= 0.3 is 0 Å². The van der Waals surface area contributed by atoms with Crippen LogP contribution < -0.4 is 5.32 Å². The van der Waals surface area contributed by atoms with Crippen molar-refractivity contribution >= 4 is 0 Å². The number of nitrogens with zero attached hydrogens (tertiary/aromatic N) is 1. The minimum atomic E-state index is 0.958. The van der Waals surface area contributed by atoms with Crippen molar-refractivity contribution in [3.8, 4) is 11.1 Å². The van der Waals surface area contributed by atoms with E-state index in [1.54, 1.807) is 0 Å². The molecule has 1 heterocycles. The second-order valence-corrected chi connectivity index (χ2v) is 4.41. The van der Waals surface area contributed by atoms with Gasteiger partial charge in [0.1, 0.15) is 0 Å². The summed E-state index contributed by atoms with van der Waals surface area (Å²) in [5.74, 6) is 0. The first-order valence-corrected chi connectivity index (χ1v) is 5.97. The fourth-order valence-electron chi connectivity index (χ4n) is 1.91. The summed E-state index contributed by atoms with van der Waals surface area (Å²) >= 11 is 0. The fourth-order valence-corrected chi connectivity index (χ4v) is 1.91. The van der Waals surface area contributed by atoms with Gasteiger partial charge in [-0.3, -0.25) is 5.10 Å².